The molecule has 0 saturated carbocycles. The number of pyridine rings is 1. The molecule has 0 amide bonds. The average Bonchev–Trinajstić information content (AvgIpc) is 3.35. The maximum Gasteiger partial charge on any atom is 0.149 e. The molecule has 0 radical (unpaired) electrons. The van der Waals surface area contributed by atoms with Crippen molar-refractivity contribution in [3.63, 3.8) is 0 Å². The van der Waals surface area contributed by atoms with E-state index in [-0.39, 0.29) is 12.1 Å². The number of aromatic amines is 1. The van der Waals surface area contributed by atoms with E-state index < -0.39 is 0 Å². The van der Waals surface area contributed by atoms with Gasteiger partial charge in [0.15, 0.2) is 0 Å². The van der Waals surface area contributed by atoms with Crippen molar-refractivity contribution < 1.29 is 0 Å². The minimum atomic E-state index is -0.346. The van der Waals surface area contributed by atoms with E-state index in [2.05, 4.69) is 62.3 Å². The molecule has 3 heterocycles. The lowest BCUT2D eigenvalue weighted by Gasteiger charge is -2.34. The van der Waals surface area contributed by atoms with Gasteiger partial charge in [-0.25, -0.2) is 15.0 Å². The number of fused-ring (bicyclic) bond motifs is 2. The van der Waals surface area contributed by atoms with Gasteiger partial charge in [-0.3, -0.25) is 9.88 Å². The van der Waals surface area contributed by atoms with Gasteiger partial charge in [0.25, 0.3) is 0 Å². The monoisotopic (exact) mass is 475 g/mol. The van der Waals surface area contributed by atoms with Crippen molar-refractivity contribution in [1.82, 2.24) is 29.8 Å². The van der Waals surface area contributed by atoms with Crippen LogP contribution in [0.1, 0.15) is 59.0 Å². The molecular formula is C29H29N7. The predicted octanol–water partition coefficient (Wildman–Crippen LogP) is 4.88. The first-order valence-corrected chi connectivity index (χ1v) is 12.5. The first-order chi connectivity index (χ1) is 17.7. The van der Waals surface area contributed by atoms with Crippen LogP contribution in [0.5, 0.6) is 0 Å². The zero-order valence-electron chi connectivity index (χ0n) is 20.1. The third-order valence-electron chi connectivity index (χ3n) is 6.99. The zero-order chi connectivity index (χ0) is 24.3. The number of para-hydroxylation sites is 2. The van der Waals surface area contributed by atoms with Crippen molar-refractivity contribution in [2.24, 2.45) is 5.73 Å². The van der Waals surface area contributed by atoms with Crippen molar-refractivity contribution in [2.45, 2.75) is 44.4 Å². The van der Waals surface area contributed by atoms with E-state index in [0.29, 0.717) is 12.4 Å². The molecule has 0 aliphatic heterocycles. The average molecular weight is 476 g/mol. The van der Waals surface area contributed by atoms with E-state index in [1.807, 2.05) is 24.4 Å². The van der Waals surface area contributed by atoms with Crippen LogP contribution in [0.15, 0.2) is 85.3 Å². The van der Waals surface area contributed by atoms with Crippen LogP contribution < -0.4 is 5.73 Å². The number of aryl methyl sites for hydroxylation is 1. The quantitative estimate of drug-likeness (QED) is 0.348. The molecular weight excluding hydrogens is 446 g/mol. The minimum Gasteiger partial charge on any atom is -0.341 e. The fraction of sp³-hybridized carbons (Fsp3) is 0.241. The first kappa shape index (κ1) is 22.5. The molecule has 3 aromatic heterocycles. The molecule has 1 aliphatic carbocycles. The van der Waals surface area contributed by atoms with Gasteiger partial charge in [-0.2, -0.15) is 0 Å². The molecule has 0 fully saturated rings. The highest BCUT2D eigenvalue weighted by molar-refractivity contribution is 5.74. The molecule has 0 saturated heterocycles. The van der Waals surface area contributed by atoms with Gasteiger partial charge in [-0.1, -0.05) is 42.5 Å². The fourth-order valence-corrected chi connectivity index (χ4v) is 5.17. The van der Waals surface area contributed by atoms with Gasteiger partial charge in [0.1, 0.15) is 11.6 Å². The largest absolute Gasteiger partial charge is 0.341 e. The van der Waals surface area contributed by atoms with Gasteiger partial charge in [-0.15, -0.1) is 0 Å². The van der Waals surface area contributed by atoms with Gasteiger partial charge in [0.05, 0.1) is 35.4 Å². The Morgan fingerprint density at radius 3 is 2.53 bits per heavy atom. The highest BCUT2D eigenvalue weighted by Gasteiger charge is 2.28. The van der Waals surface area contributed by atoms with Crippen LogP contribution in [-0.2, 0) is 19.5 Å². The minimum absolute atomic E-state index is 0.239. The number of aromatic nitrogens is 5. The Kier molecular flexibility index (Phi) is 6.24. The first-order valence-electron chi connectivity index (χ1n) is 12.5. The van der Waals surface area contributed by atoms with Crippen molar-refractivity contribution in [3.05, 3.63) is 119 Å². The number of hydrogen-bond acceptors (Lipinski definition) is 6. The highest BCUT2D eigenvalue weighted by Crippen LogP contribution is 2.35. The molecule has 2 aromatic carbocycles. The SMILES string of the molecule is NC(c1ccc(CN(Cc2nc3ccccc3[nH]2)C2CCCc3cccnc32)cc1)c1ncccn1. The topological polar surface area (TPSA) is 96.6 Å². The van der Waals surface area contributed by atoms with Crippen LogP contribution in [0.25, 0.3) is 11.0 Å². The van der Waals surface area contributed by atoms with E-state index in [1.54, 1.807) is 18.5 Å². The molecule has 36 heavy (non-hydrogen) atoms. The Bertz CT molecular complexity index is 1410. The second-order valence-electron chi connectivity index (χ2n) is 9.39. The fourth-order valence-electron chi connectivity index (χ4n) is 5.17. The highest BCUT2D eigenvalue weighted by atomic mass is 15.2. The Morgan fingerprint density at radius 2 is 1.69 bits per heavy atom. The maximum absolute atomic E-state index is 6.42. The molecule has 0 bridgehead atoms. The number of nitrogens with two attached hydrogens (primary N) is 1. The van der Waals surface area contributed by atoms with Gasteiger partial charge in [0.2, 0.25) is 0 Å². The van der Waals surface area contributed by atoms with Crippen molar-refractivity contribution in [1.29, 1.82) is 0 Å². The van der Waals surface area contributed by atoms with Crippen LogP contribution in [-0.4, -0.2) is 29.8 Å². The molecule has 5 aromatic rings. The Morgan fingerprint density at radius 1 is 0.889 bits per heavy atom. The third-order valence-corrected chi connectivity index (χ3v) is 6.99. The molecule has 1 aliphatic rings. The zero-order valence-corrected chi connectivity index (χ0v) is 20.1. The molecule has 3 N–H and O–H groups in total. The summed E-state index contributed by atoms with van der Waals surface area (Å²) in [6, 6.07) is 22.6. The number of nitrogens with one attached hydrogen (secondary N) is 1. The molecule has 2 unspecified atom stereocenters. The summed E-state index contributed by atoms with van der Waals surface area (Å²) in [5.41, 5.74) is 13.3. The van der Waals surface area contributed by atoms with Crippen LogP contribution in [0.2, 0.25) is 0 Å². The lowest BCUT2D eigenvalue weighted by atomic mass is 9.90. The van der Waals surface area contributed by atoms with Crippen LogP contribution in [0.3, 0.4) is 0 Å². The normalized spacial score (nSPS) is 16.2. The van der Waals surface area contributed by atoms with E-state index in [9.17, 15) is 0 Å². The molecule has 7 nitrogen and oxygen atoms in total. The summed E-state index contributed by atoms with van der Waals surface area (Å²) in [6.07, 6.45) is 8.69. The van der Waals surface area contributed by atoms with Crippen molar-refractivity contribution in [2.75, 3.05) is 0 Å². The van der Waals surface area contributed by atoms with E-state index in [4.69, 9.17) is 15.7 Å². The van der Waals surface area contributed by atoms with Gasteiger partial charge >= 0.3 is 0 Å². The lowest BCUT2D eigenvalue weighted by molar-refractivity contribution is 0.153. The summed E-state index contributed by atoms with van der Waals surface area (Å²) < 4.78 is 0. The second kappa shape index (κ2) is 9.97. The smallest absolute Gasteiger partial charge is 0.149 e. The van der Waals surface area contributed by atoms with E-state index in [1.165, 1.54) is 16.8 Å². The maximum atomic E-state index is 6.42. The summed E-state index contributed by atoms with van der Waals surface area (Å²) in [6.45, 7) is 1.50. The Hall–Kier alpha value is -3.94. The molecule has 180 valence electrons. The Labute approximate surface area is 210 Å². The van der Waals surface area contributed by atoms with Crippen LogP contribution in [0.4, 0.5) is 0 Å². The van der Waals surface area contributed by atoms with Crippen molar-refractivity contribution in [3.8, 4) is 0 Å². The number of H-pyrrole nitrogens is 1. The summed E-state index contributed by atoms with van der Waals surface area (Å²) in [4.78, 5) is 24.3. The third kappa shape index (κ3) is 4.63. The predicted molar refractivity (Wildman–Crippen MR) is 140 cm³/mol. The summed E-state index contributed by atoms with van der Waals surface area (Å²) in [7, 11) is 0. The van der Waals surface area contributed by atoms with E-state index >= 15 is 0 Å². The van der Waals surface area contributed by atoms with Gasteiger partial charge < -0.3 is 10.7 Å². The molecule has 7 heteroatoms. The van der Waals surface area contributed by atoms with Crippen LogP contribution >= 0.6 is 0 Å². The summed E-state index contributed by atoms with van der Waals surface area (Å²) in [5.74, 6) is 1.60. The van der Waals surface area contributed by atoms with Crippen molar-refractivity contribution >= 4 is 11.0 Å². The Balaban J connectivity index is 1.29. The molecule has 0 spiro atoms. The van der Waals surface area contributed by atoms with Crippen LogP contribution in [0, 0.1) is 0 Å². The summed E-state index contributed by atoms with van der Waals surface area (Å²) >= 11 is 0. The molecule has 6 rings (SSSR count). The number of hydrogen-bond donors (Lipinski definition) is 2. The van der Waals surface area contributed by atoms with Gasteiger partial charge in [0, 0.05) is 25.1 Å². The number of rotatable bonds is 7. The van der Waals surface area contributed by atoms with Gasteiger partial charge in [-0.05, 0) is 60.2 Å². The number of imidazole rings is 1. The second-order valence-corrected chi connectivity index (χ2v) is 9.39. The lowest BCUT2D eigenvalue weighted by Crippen LogP contribution is -2.31. The molecule has 2 atom stereocenters. The summed E-state index contributed by atoms with van der Waals surface area (Å²) in [5, 5.41) is 0. The number of nitrogens with zero attached hydrogens (tertiary/aromatic N) is 5. The standard InChI is InChI=1S/C29H29N7/c30-27(29-32-16-5-17-33-29)21-13-11-20(12-14-21)18-36(19-26-34-23-8-1-2-9-24(23)35-26)25-10-3-6-22-7-4-15-31-28(22)25/h1-2,4-5,7-9,11-17,25,27H,3,6,10,18-19,30H2,(H,34,35). The van der Waals surface area contributed by atoms with E-state index in [0.717, 1.165) is 48.2 Å². The number of benzene rings is 2.